The number of thiophene rings is 1. The van der Waals surface area contributed by atoms with Gasteiger partial charge < -0.3 is 15.2 Å². The van der Waals surface area contributed by atoms with E-state index in [0.29, 0.717) is 6.61 Å². The molecule has 6 heteroatoms. The lowest BCUT2D eigenvalue weighted by Crippen LogP contribution is -2.25. The number of aliphatic hydroxyl groups is 1. The van der Waals surface area contributed by atoms with Crippen molar-refractivity contribution in [2.45, 2.75) is 12.7 Å². The molecule has 0 bridgehead atoms. The molecule has 0 saturated carbocycles. The maximum atomic E-state index is 13.3. The molecule has 0 aliphatic rings. The van der Waals surface area contributed by atoms with Gasteiger partial charge in [-0.2, -0.15) is 0 Å². The number of nitrogens with one attached hydrogen (secondary N) is 1. The van der Waals surface area contributed by atoms with Crippen molar-refractivity contribution in [1.82, 2.24) is 0 Å². The quantitative estimate of drug-likeness (QED) is 0.826. The molecule has 1 unspecified atom stereocenters. The van der Waals surface area contributed by atoms with Crippen molar-refractivity contribution in [1.29, 1.82) is 0 Å². The fraction of sp³-hybridized carbons (Fsp3) is 0.286. The summed E-state index contributed by atoms with van der Waals surface area (Å²) in [4.78, 5) is 1.07. The minimum atomic E-state index is -0.945. The maximum absolute atomic E-state index is 13.3. The molecule has 20 heavy (non-hydrogen) atoms. The highest BCUT2D eigenvalue weighted by Gasteiger charge is 2.09. The molecule has 2 rings (SSSR count). The fourth-order valence-electron chi connectivity index (χ4n) is 1.62. The molecule has 1 aromatic carbocycles. The number of hydrogen-bond donors (Lipinski definition) is 2. The van der Waals surface area contributed by atoms with E-state index in [2.05, 4.69) is 5.32 Å². The lowest BCUT2D eigenvalue weighted by molar-refractivity contribution is 0.0358. The van der Waals surface area contributed by atoms with E-state index in [1.165, 1.54) is 12.1 Å². The van der Waals surface area contributed by atoms with Crippen LogP contribution in [0, 0.1) is 11.6 Å². The average molecular weight is 299 g/mol. The lowest BCUT2D eigenvalue weighted by atomic mass is 10.2. The second-order valence-corrected chi connectivity index (χ2v) is 5.26. The minimum Gasteiger partial charge on any atom is -0.389 e. The molecule has 0 saturated heterocycles. The van der Waals surface area contributed by atoms with Crippen LogP contribution in [0.5, 0.6) is 0 Å². The van der Waals surface area contributed by atoms with Crippen molar-refractivity contribution in [3.05, 3.63) is 52.2 Å². The van der Waals surface area contributed by atoms with Crippen LogP contribution in [0.1, 0.15) is 4.88 Å². The van der Waals surface area contributed by atoms with E-state index in [1.807, 2.05) is 17.5 Å². The predicted molar refractivity (Wildman–Crippen MR) is 74.8 cm³/mol. The average Bonchev–Trinajstić information content (AvgIpc) is 2.94. The first-order chi connectivity index (χ1) is 9.66. The summed E-state index contributed by atoms with van der Waals surface area (Å²) in [6.45, 7) is 0.649. The Morgan fingerprint density at radius 2 is 2.10 bits per heavy atom. The fourth-order valence-corrected chi connectivity index (χ4v) is 2.26. The first-order valence-electron chi connectivity index (χ1n) is 6.13. The summed E-state index contributed by atoms with van der Waals surface area (Å²) in [5, 5.41) is 14.3. The van der Waals surface area contributed by atoms with Crippen molar-refractivity contribution < 1.29 is 18.6 Å². The van der Waals surface area contributed by atoms with Gasteiger partial charge in [-0.3, -0.25) is 0 Å². The summed E-state index contributed by atoms with van der Waals surface area (Å²) >= 11 is 1.57. The number of anilines is 1. The lowest BCUT2D eigenvalue weighted by Gasteiger charge is -2.13. The Morgan fingerprint density at radius 3 is 2.85 bits per heavy atom. The number of rotatable bonds is 7. The number of benzene rings is 1. The van der Waals surface area contributed by atoms with Crippen LogP contribution in [0.25, 0.3) is 0 Å². The molecular formula is C14H15F2NO2S. The van der Waals surface area contributed by atoms with Gasteiger partial charge in [-0.05, 0) is 23.6 Å². The third-order valence-electron chi connectivity index (χ3n) is 2.61. The molecule has 0 radical (unpaired) electrons. The second kappa shape index (κ2) is 7.33. The summed E-state index contributed by atoms with van der Waals surface area (Å²) in [5.41, 5.74) is 0.0299. The zero-order chi connectivity index (χ0) is 14.4. The van der Waals surface area contributed by atoms with Crippen LogP contribution < -0.4 is 5.32 Å². The third-order valence-corrected chi connectivity index (χ3v) is 3.46. The molecule has 1 atom stereocenters. The van der Waals surface area contributed by atoms with E-state index < -0.39 is 17.7 Å². The second-order valence-electron chi connectivity index (χ2n) is 4.23. The molecule has 0 fully saturated rings. The van der Waals surface area contributed by atoms with Gasteiger partial charge >= 0.3 is 0 Å². The highest BCUT2D eigenvalue weighted by molar-refractivity contribution is 7.09. The Morgan fingerprint density at radius 1 is 1.25 bits per heavy atom. The topological polar surface area (TPSA) is 41.5 Å². The maximum Gasteiger partial charge on any atom is 0.181 e. The van der Waals surface area contributed by atoms with Crippen molar-refractivity contribution in [2.75, 3.05) is 18.5 Å². The van der Waals surface area contributed by atoms with Gasteiger partial charge in [0.25, 0.3) is 0 Å². The molecule has 0 aliphatic carbocycles. The Hall–Kier alpha value is -1.50. The summed E-state index contributed by atoms with van der Waals surface area (Å²) in [6.07, 6.45) is -0.794. The van der Waals surface area contributed by atoms with Crippen LogP contribution >= 0.6 is 11.3 Å². The Kier molecular flexibility index (Phi) is 5.46. The van der Waals surface area contributed by atoms with Crippen LogP contribution in [0.3, 0.4) is 0 Å². The van der Waals surface area contributed by atoms with E-state index in [0.717, 1.165) is 10.9 Å². The largest absolute Gasteiger partial charge is 0.389 e. The smallest absolute Gasteiger partial charge is 0.181 e. The molecule has 1 aromatic heterocycles. The molecule has 1 heterocycles. The molecule has 0 aliphatic heterocycles. The Bertz CT molecular complexity index is 534. The standard InChI is InChI=1S/C14H15F2NO2S/c15-12-4-1-5-13(14(12)16)17-7-10(18)8-19-9-11-3-2-6-20-11/h1-6,10,17-18H,7-9H2. The summed E-state index contributed by atoms with van der Waals surface area (Å²) < 4.78 is 31.6. The van der Waals surface area contributed by atoms with Crippen molar-refractivity contribution >= 4 is 17.0 Å². The van der Waals surface area contributed by atoms with Crippen molar-refractivity contribution in [3.8, 4) is 0 Å². The van der Waals surface area contributed by atoms with Gasteiger partial charge in [-0.1, -0.05) is 12.1 Å². The number of aliphatic hydroxyl groups excluding tert-OH is 1. The number of hydrogen-bond acceptors (Lipinski definition) is 4. The molecule has 0 spiro atoms. The Balaban J connectivity index is 1.72. The van der Waals surface area contributed by atoms with Gasteiger partial charge in [-0.15, -0.1) is 11.3 Å². The molecule has 0 amide bonds. The van der Waals surface area contributed by atoms with E-state index in [9.17, 15) is 13.9 Å². The van der Waals surface area contributed by atoms with Crippen LogP contribution in [-0.2, 0) is 11.3 Å². The van der Waals surface area contributed by atoms with Gasteiger partial charge in [0, 0.05) is 11.4 Å². The number of halogens is 2. The summed E-state index contributed by atoms with van der Waals surface area (Å²) in [5.74, 6) is -1.86. The monoisotopic (exact) mass is 299 g/mol. The van der Waals surface area contributed by atoms with E-state index in [4.69, 9.17) is 4.74 Å². The van der Waals surface area contributed by atoms with Crippen molar-refractivity contribution in [3.63, 3.8) is 0 Å². The normalized spacial score (nSPS) is 12.3. The molecule has 2 N–H and O–H groups in total. The van der Waals surface area contributed by atoms with E-state index >= 15 is 0 Å². The Labute approximate surface area is 119 Å². The highest BCUT2D eigenvalue weighted by atomic mass is 32.1. The molecule has 108 valence electrons. The molecule has 3 nitrogen and oxygen atoms in total. The van der Waals surface area contributed by atoms with Gasteiger partial charge in [0.15, 0.2) is 11.6 Å². The van der Waals surface area contributed by atoms with Crippen molar-refractivity contribution in [2.24, 2.45) is 0 Å². The van der Waals surface area contributed by atoms with Gasteiger partial charge in [0.1, 0.15) is 0 Å². The summed E-state index contributed by atoms with van der Waals surface area (Å²) in [7, 11) is 0. The van der Waals surface area contributed by atoms with Gasteiger partial charge in [-0.25, -0.2) is 8.78 Å². The molecular weight excluding hydrogens is 284 g/mol. The highest BCUT2D eigenvalue weighted by Crippen LogP contribution is 2.16. The SMILES string of the molecule is OC(CNc1cccc(F)c1F)COCc1cccs1. The van der Waals surface area contributed by atoms with Crippen LogP contribution in [0.15, 0.2) is 35.7 Å². The third kappa shape index (κ3) is 4.26. The van der Waals surface area contributed by atoms with Crippen LogP contribution in [0.4, 0.5) is 14.5 Å². The molecule has 2 aromatic rings. The van der Waals surface area contributed by atoms with Crippen LogP contribution in [0.2, 0.25) is 0 Å². The first kappa shape index (κ1) is 14.9. The zero-order valence-corrected chi connectivity index (χ0v) is 11.5. The predicted octanol–water partition coefficient (Wildman–Crippen LogP) is 3.02. The first-order valence-corrected chi connectivity index (χ1v) is 7.01. The minimum absolute atomic E-state index is 0.0299. The summed E-state index contributed by atoms with van der Waals surface area (Å²) in [6, 6.07) is 7.73. The van der Waals surface area contributed by atoms with Gasteiger partial charge in [0.05, 0.1) is 25.0 Å². The van der Waals surface area contributed by atoms with Crippen LogP contribution in [-0.4, -0.2) is 24.4 Å². The van der Waals surface area contributed by atoms with E-state index in [-0.39, 0.29) is 18.8 Å². The van der Waals surface area contributed by atoms with E-state index in [1.54, 1.807) is 11.3 Å². The zero-order valence-electron chi connectivity index (χ0n) is 10.7. The number of ether oxygens (including phenoxy) is 1. The van der Waals surface area contributed by atoms with Gasteiger partial charge in [0.2, 0.25) is 0 Å².